The molecule has 1 aliphatic rings. The molecule has 0 saturated carbocycles. The van der Waals surface area contributed by atoms with Gasteiger partial charge in [0.25, 0.3) is 0 Å². The first-order chi connectivity index (χ1) is 7.66. The van der Waals surface area contributed by atoms with Crippen molar-refractivity contribution in [3.05, 3.63) is 29.6 Å². The molecule has 0 aliphatic carbocycles. The lowest BCUT2D eigenvalue weighted by molar-refractivity contribution is 0.0690. The molecule has 1 N–H and O–H groups in total. The first kappa shape index (κ1) is 11.1. The van der Waals surface area contributed by atoms with Gasteiger partial charge in [-0.05, 0) is 37.9 Å². The summed E-state index contributed by atoms with van der Waals surface area (Å²) in [5.74, 6) is -0.971. The standard InChI is InChI=1S/C12H16N2O2/c1-9-3-2-6-14(9)8-10-4-5-11(12(15)16)13-7-10/h4-5,7,9H,2-3,6,8H2,1H3,(H,15,16). The number of carbonyl (C=O) groups is 1. The minimum absolute atomic E-state index is 0.109. The molecule has 1 aliphatic heterocycles. The van der Waals surface area contributed by atoms with Crippen molar-refractivity contribution >= 4 is 5.97 Å². The van der Waals surface area contributed by atoms with E-state index < -0.39 is 5.97 Å². The summed E-state index contributed by atoms with van der Waals surface area (Å²) in [4.78, 5) is 17.0. The Bertz CT molecular complexity index is 375. The number of aromatic carboxylic acids is 1. The molecule has 1 fully saturated rings. The van der Waals surface area contributed by atoms with Crippen molar-refractivity contribution in [3.63, 3.8) is 0 Å². The number of rotatable bonds is 3. The molecule has 4 heteroatoms. The normalized spacial score (nSPS) is 21.2. The number of nitrogens with zero attached hydrogens (tertiary/aromatic N) is 2. The molecular formula is C12H16N2O2. The molecule has 0 amide bonds. The number of hydrogen-bond donors (Lipinski definition) is 1. The number of aromatic nitrogens is 1. The zero-order valence-corrected chi connectivity index (χ0v) is 9.39. The van der Waals surface area contributed by atoms with Crippen LogP contribution in [-0.2, 0) is 6.54 Å². The highest BCUT2D eigenvalue weighted by Crippen LogP contribution is 2.18. The van der Waals surface area contributed by atoms with Gasteiger partial charge in [0, 0.05) is 18.8 Å². The maximum absolute atomic E-state index is 10.6. The van der Waals surface area contributed by atoms with Crippen LogP contribution in [0.15, 0.2) is 18.3 Å². The van der Waals surface area contributed by atoms with E-state index in [4.69, 9.17) is 5.11 Å². The molecule has 16 heavy (non-hydrogen) atoms. The van der Waals surface area contributed by atoms with Gasteiger partial charge in [0.1, 0.15) is 5.69 Å². The Labute approximate surface area is 94.9 Å². The van der Waals surface area contributed by atoms with Crippen molar-refractivity contribution in [3.8, 4) is 0 Å². The lowest BCUT2D eigenvalue weighted by Crippen LogP contribution is -2.26. The van der Waals surface area contributed by atoms with Crippen LogP contribution in [-0.4, -0.2) is 33.5 Å². The molecule has 0 radical (unpaired) electrons. The van der Waals surface area contributed by atoms with E-state index in [0.29, 0.717) is 6.04 Å². The maximum Gasteiger partial charge on any atom is 0.354 e. The second-order valence-electron chi connectivity index (χ2n) is 4.32. The summed E-state index contributed by atoms with van der Waals surface area (Å²) in [7, 11) is 0. The molecule has 4 nitrogen and oxygen atoms in total. The van der Waals surface area contributed by atoms with Crippen LogP contribution in [0.3, 0.4) is 0 Å². The Morgan fingerprint density at radius 1 is 1.62 bits per heavy atom. The lowest BCUT2D eigenvalue weighted by Gasteiger charge is -2.20. The minimum Gasteiger partial charge on any atom is -0.477 e. The molecule has 1 aromatic heterocycles. The van der Waals surface area contributed by atoms with Gasteiger partial charge in [-0.2, -0.15) is 0 Å². The van der Waals surface area contributed by atoms with Gasteiger partial charge in [0.15, 0.2) is 0 Å². The van der Waals surface area contributed by atoms with Crippen molar-refractivity contribution in [1.82, 2.24) is 9.88 Å². The fourth-order valence-corrected chi connectivity index (χ4v) is 2.11. The second kappa shape index (κ2) is 4.61. The van der Waals surface area contributed by atoms with Crippen molar-refractivity contribution in [2.45, 2.75) is 32.4 Å². The zero-order chi connectivity index (χ0) is 11.5. The third-order valence-electron chi connectivity index (χ3n) is 3.12. The van der Waals surface area contributed by atoms with E-state index in [9.17, 15) is 4.79 Å². The molecule has 86 valence electrons. The highest BCUT2D eigenvalue weighted by molar-refractivity contribution is 5.85. The molecule has 0 bridgehead atoms. The van der Waals surface area contributed by atoms with Crippen molar-refractivity contribution in [1.29, 1.82) is 0 Å². The third kappa shape index (κ3) is 2.39. The second-order valence-corrected chi connectivity index (χ2v) is 4.32. The fourth-order valence-electron chi connectivity index (χ4n) is 2.11. The van der Waals surface area contributed by atoms with Gasteiger partial charge in [0.2, 0.25) is 0 Å². The topological polar surface area (TPSA) is 53.4 Å². The summed E-state index contributed by atoms with van der Waals surface area (Å²) in [5.41, 5.74) is 1.19. The van der Waals surface area contributed by atoms with Crippen LogP contribution in [0.1, 0.15) is 35.8 Å². The minimum atomic E-state index is -0.971. The number of carboxylic acids is 1. The Morgan fingerprint density at radius 2 is 2.44 bits per heavy atom. The molecule has 2 rings (SSSR count). The number of pyridine rings is 1. The van der Waals surface area contributed by atoms with Crippen LogP contribution in [0.5, 0.6) is 0 Å². The first-order valence-corrected chi connectivity index (χ1v) is 5.59. The van der Waals surface area contributed by atoms with E-state index in [1.54, 1.807) is 12.3 Å². The first-order valence-electron chi connectivity index (χ1n) is 5.59. The van der Waals surface area contributed by atoms with E-state index in [-0.39, 0.29) is 5.69 Å². The van der Waals surface area contributed by atoms with Gasteiger partial charge in [-0.1, -0.05) is 6.07 Å². The summed E-state index contributed by atoms with van der Waals surface area (Å²) in [5, 5.41) is 8.73. The number of carboxylic acid groups (broad SMARTS) is 1. The van der Waals surface area contributed by atoms with E-state index >= 15 is 0 Å². The Balaban J connectivity index is 2.02. The van der Waals surface area contributed by atoms with Crippen LogP contribution in [0.4, 0.5) is 0 Å². The largest absolute Gasteiger partial charge is 0.477 e. The van der Waals surface area contributed by atoms with Crippen molar-refractivity contribution in [2.75, 3.05) is 6.54 Å². The lowest BCUT2D eigenvalue weighted by atomic mass is 10.2. The third-order valence-corrected chi connectivity index (χ3v) is 3.12. The monoisotopic (exact) mass is 220 g/mol. The summed E-state index contributed by atoms with van der Waals surface area (Å²) < 4.78 is 0. The van der Waals surface area contributed by atoms with E-state index in [2.05, 4.69) is 16.8 Å². The Morgan fingerprint density at radius 3 is 2.94 bits per heavy atom. The van der Waals surface area contributed by atoms with Gasteiger partial charge in [0.05, 0.1) is 0 Å². The van der Waals surface area contributed by atoms with Crippen molar-refractivity contribution < 1.29 is 9.90 Å². The van der Waals surface area contributed by atoms with Crippen LogP contribution in [0, 0.1) is 0 Å². The summed E-state index contributed by atoms with van der Waals surface area (Å²) in [6.07, 6.45) is 4.16. The Hall–Kier alpha value is -1.42. The molecule has 0 spiro atoms. The number of likely N-dealkylation sites (tertiary alicyclic amines) is 1. The highest BCUT2D eigenvalue weighted by atomic mass is 16.4. The molecule has 1 aromatic rings. The summed E-state index contributed by atoms with van der Waals surface area (Å²) >= 11 is 0. The van der Waals surface area contributed by atoms with E-state index in [1.165, 1.54) is 12.8 Å². The molecule has 1 atom stereocenters. The van der Waals surface area contributed by atoms with Crippen LogP contribution < -0.4 is 0 Å². The average Bonchev–Trinajstić information content (AvgIpc) is 2.65. The van der Waals surface area contributed by atoms with Gasteiger partial charge >= 0.3 is 5.97 Å². The molecule has 1 unspecified atom stereocenters. The predicted octanol–water partition coefficient (Wildman–Crippen LogP) is 1.76. The van der Waals surface area contributed by atoms with Gasteiger partial charge in [-0.15, -0.1) is 0 Å². The molecule has 2 heterocycles. The summed E-state index contributed by atoms with van der Waals surface area (Å²) in [6, 6.07) is 4.04. The fraction of sp³-hybridized carbons (Fsp3) is 0.500. The quantitative estimate of drug-likeness (QED) is 0.843. The van der Waals surface area contributed by atoms with Gasteiger partial charge in [-0.3, -0.25) is 4.90 Å². The van der Waals surface area contributed by atoms with Crippen LogP contribution in [0.2, 0.25) is 0 Å². The molecule has 0 aromatic carbocycles. The maximum atomic E-state index is 10.6. The van der Waals surface area contributed by atoms with Crippen molar-refractivity contribution in [2.24, 2.45) is 0 Å². The molecular weight excluding hydrogens is 204 g/mol. The van der Waals surface area contributed by atoms with Gasteiger partial charge in [-0.25, -0.2) is 9.78 Å². The van der Waals surface area contributed by atoms with Crippen LogP contribution in [0.25, 0.3) is 0 Å². The highest BCUT2D eigenvalue weighted by Gasteiger charge is 2.20. The number of hydrogen-bond acceptors (Lipinski definition) is 3. The smallest absolute Gasteiger partial charge is 0.354 e. The summed E-state index contributed by atoms with van der Waals surface area (Å²) in [6.45, 7) is 4.22. The van der Waals surface area contributed by atoms with Gasteiger partial charge < -0.3 is 5.11 Å². The Kier molecular flexibility index (Phi) is 3.19. The SMILES string of the molecule is CC1CCCN1Cc1ccc(C(=O)O)nc1. The average molecular weight is 220 g/mol. The zero-order valence-electron chi connectivity index (χ0n) is 9.39. The van der Waals surface area contributed by atoms with E-state index in [0.717, 1.165) is 18.7 Å². The molecule has 1 saturated heterocycles. The predicted molar refractivity (Wildman–Crippen MR) is 60.3 cm³/mol. The van der Waals surface area contributed by atoms with Crippen LogP contribution >= 0.6 is 0 Å². The van der Waals surface area contributed by atoms with E-state index in [1.807, 2.05) is 6.07 Å².